The van der Waals surface area contributed by atoms with Gasteiger partial charge in [-0.2, -0.15) is 0 Å². The number of nitrogens with zero attached hydrogens (tertiary/aromatic N) is 2. The zero-order valence-electron chi connectivity index (χ0n) is 11.8. The molecule has 0 aliphatic carbocycles. The van der Waals surface area contributed by atoms with Crippen molar-refractivity contribution < 1.29 is 9.53 Å². The molecular formula is C15H17BrN2O2. The van der Waals surface area contributed by atoms with Crippen LogP contribution in [0, 0.1) is 0 Å². The molecule has 1 heterocycles. The van der Waals surface area contributed by atoms with Gasteiger partial charge in [0.1, 0.15) is 12.4 Å². The summed E-state index contributed by atoms with van der Waals surface area (Å²) in [7, 11) is 0. The summed E-state index contributed by atoms with van der Waals surface area (Å²) in [4.78, 5) is 15.8. The largest absolute Gasteiger partial charge is 0.487 e. The summed E-state index contributed by atoms with van der Waals surface area (Å²) >= 11 is 3.36. The van der Waals surface area contributed by atoms with Gasteiger partial charge in [-0.1, -0.05) is 15.9 Å². The lowest BCUT2D eigenvalue weighted by Gasteiger charge is -2.14. The van der Waals surface area contributed by atoms with Crippen molar-refractivity contribution in [3.63, 3.8) is 0 Å². The van der Waals surface area contributed by atoms with Gasteiger partial charge in [-0.05, 0) is 39.0 Å². The number of ether oxygens (including phenoxy) is 1. The molecule has 0 atom stereocenters. The molecule has 0 saturated heterocycles. The van der Waals surface area contributed by atoms with E-state index < -0.39 is 0 Å². The van der Waals surface area contributed by atoms with Crippen molar-refractivity contribution in [1.82, 2.24) is 9.55 Å². The number of carbonyl (C=O) groups is 1. The van der Waals surface area contributed by atoms with Crippen molar-refractivity contribution in [1.29, 1.82) is 0 Å². The molecule has 4 nitrogen and oxygen atoms in total. The average molecular weight is 337 g/mol. The van der Waals surface area contributed by atoms with Crippen LogP contribution in [0.15, 0.2) is 35.2 Å². The van der Waals surface area contributed by atoms with E-state index in [1.807, 2.05) is 10.6 Å². The normalized spacial score (nSPS) is 10.8. The van der Waals surface area contributed by atoms with Crippen LogP contribution < -0.4 is 4.74 Å². The standard InChI is InChI=1S/C15H17BrN2O2/c1-10(2)18-9-17-7-13(18)8-20-15-5-4-12(16)6-14(15)11(3)19/h4-7,9-10H,8H2,1-3H3. The van der Waals surface area contributed by atoms with Crippen molar-refractivity contribution in [2.75, 3.05) is 0 Å². The quantitative estimate of drug-likeness (QED) is 0.775. The summed E-state index contributed by atoms with van der Waals surface area (Å²) in [5.41, 5.74) is 1.56. The fourth-order valence-electron chi connectivity index (χ4n) is 1.96. The Kier molecular flexibility index (Phi) is 4.60. The Hall–Kier alpha value is -1.62. The van der Waals surface area contributed by atoms with Crippen molar-refractivity contribution in [2.24, 2.45) is 0 Å². The highest BCUT2D eigenvalue weighted by molar-refractivity contribution is 9.10. The first kappa shape index (κ1) is 14.8. The Labute approximate surface area is 126 Å². The number of hydrogen-bond donors (Lipinski definition) is 0. The zero-order chi connectivity index (χ0) is 14.7. The van der Waals surface area contributed by atoms with E-state index in [2.05, 4.69) is 34.8 Å². The first-order chi connectivity index (χ1) is 9.49. The van der Waals surface area contributed by atoms with E-state index in [-0.39, 0.29) is 5.78 Å². The molecule has 0 aliphatic heterocycles. The van der Waals surface area contributed by atoms with Crippen LogP contribution in [0.25, 0.3) is 0 Å². The Bertz CT molecular complexity index is 620. The predicted molar refractivity (Wildman–Crippen MR) is 81.1 cm³/mol. The van der Waals surface area contributed by atoms with Crippen LogP contribution in [0.2, 0.25) is 0 Å². The molecule has 106 valence electrons. The highest BCUT2D eigenvalue weighted by atomic mass is 79.9. The number of hydrogen-bond acceptors (Lipinski definition) is 3. The number of benzene rings is 1. The number of rotatable bonds is 5. The van der Waals surface area contributed by atoms with E-state index in [1.54, 1.807) is 24.7 Å². The van der Waals surface area contributed by atoms with Gasteiger partial charge >= 0.3 is 0 Å². The molecule has 0 saturated carbocycles. The second-order valence-corrected chi connectivity index (χ2v) is 5.79. The first-order valence-electron chi connectivity index (χ1n) is 6.43. The number of aromatic nitrogens is 2. The van der Waals surface area contributed by atoms with Gasteiger partial charge in [0.05, 0.1) is 23.8 Å². The van der Waals surface area contributed by atoms with Crippen LogP contribution in [0.1, 0.15) is 42.9 Å². The highest BCUT2D eigenvalue weighted by Crippen LogP contribution is 2.24. The molecule has 0 unspecified atom stereocenters. The lowest BCUT2D eigenvalue weighted by Crippen LogP contribution is -2.08. The Morgan fingerprint density at radius 2 is 2.20 bits per heavy atom. The summed E-state index contributed by atoms with van der Waals surface area (Å²) in [6.45, 7) is 6.10. The highest BCUT2D eigenvalue weighted by Gasteiger charge is 2.11. The molecule has 1 aromatic heterocycles. The molecule has 2 rings (SSSR count). The fourth-order valence-corrected chi connectivity index (χ4v) is 2.32. The van der Waals surface area contributed by atoms with Crippen molar-refractivity contribution in [3.8, 4) is 5.75 Å². The van der Waals surface area contributed by atoms with E-state index in [4.69, 9.17) is 4.74 Å². The maximum Gasteiger partial charge on any atom is 0.163 e. The number of Topliss-reactive ketones (excluding diaryl/α,β-unsaturated/α-hetero) is 1. The average Bonchev–Trinajstić information content (AvgIpc) is 2.85. The van der Waals surface area contributed by atoms with Gasteiger partial charge in [0.25, 0.3) is 0 Å². The van der Waals surface area contributed by atoms with E-state index in [0.29, 0.717) is 24.0 Å². The van der Waals surface area contributed by atoms with Gasteiger partial charge in [-0.25, -0.2) is 4.98 Å². The Morgan fingerprint density at radius 1 is 1.45 bits per heavy atom. The third-order valence-corrected chi connectivity index (χ3v) is 3.49. The third kappa shape index (κ3) is 3.28. The minimum absolute atomic E-state index is 0.0151. The van der Waals surface area contributed by atoms with Gasteiger partial charge in [0, 0.05) is 10.5 Å². The van der Waals surface area contributed by atoms with Gasteiger partial charge in [0.15, 0.2) is 5.78 Å². The summed E-state index contributed by atoms with van der Waals surface area (Å²) in [5, 5.41) is 0. The van der Waals surface area contributed by atoms with Gasteiger partial charge < -0.3 is 9.30 Å². The summed E-state index contributed by atoms with van der Waals surface area (Å²) < 4.78 is 8.70. The Morgan fingerprint density at radius 3 is 2.85 bits per heavy atom. The molecule has 20 heavy (non-hydrogen) atoms. The van der Waals surface area contributed by atoms with E-state index in [9.17, 15) is 4.79 Å². The SMILES string of the molecule is CC(=O)c1cc(Br)ccc1OCc1cncn1C(C)C. The second-order valence-electron chi connectivity index (χ2n) is 4.87. The summed E-state index contributed by atoms with van der Waals surface area (Å²) in [6.07, 6.45) is 3.57. The zero-order valence-corrected chi connectivity index (χ0v) is 13.3. The second kappa shape index (κ2) is 6.22. The summed E-state index contributed by atoms with van der Waals surface area (Å²) in [5.74, 6) is 0.580. The molecule has 2 aromatic rings. The van der Waals surface area contributed by atoms with E-state index in [0.717, 1.165) is 10.2 Å². The van der Waals surface area contributed by atoms with Crippen LogP contribution in [0.3, 0.4) is 0 Å². The molecule has 0 aliphatic rings. The molecule has 0 fully saturated rings. The molecule has 1 aromatic carbocycles. The number of imidazole rings is 1. The maximum absolute atomic E-state index is 11.6. The first-order valence-corrected chi connectivity index (χ1v) is 7.22. The molecule has 0 spiro atoms. The molecule has 0 amide bonds. The van der Waals surface area contributed by atoms with Gasteiger partial charge in [0.2, 0.25) is 0 Å². The smallest absolute Gasteiger partial charge is 0.163 e. The number of carbonyl (C=O) groups excluding carboxylic acids is 1. The van der Waals surface area contributed by atoms with Crippen LogP contribution in [0.4, 0.5) is 0 Å². The lowest BCUT2D eigenvalue weighted by molar-refractivity contribution is 0.101. The third-order valence-electron chi connectivity index (χ3n) is 3.00. The van der Waals surface area contributed by atoms with Gasteiger partial charge in [-0.3, -0.25) is 4.79 Å². The van der Waals surface area contributed by atoms with Gasteiger partial charge in [-0.15, -0.1) is 0 Å². The molecule has 5 heteroatoms. The summed E-state index contributed by atoms with van der Waals surface area (Å²) in [6, 6.07) is 5.77. The van der Waals surface area contributed by atoms with Crippen molar-refractivity contribution in [3.05, 3.63) is 46.5 Å². The fraction of sp³-hybridized carbons (Fsp3) is 0.333. The van der Waals surface area contributed by atoms with Crippen LogP contribution in [-0.4, -0.2) is 15.3 Å². The minimum Gasteiger partial charge on any atom is -0.487 e. The van der Waals surface area contributed by atoms with Crippen molar-refractivity contribution in [2.45, 2.75) is 33.4 Å². The van der Waals surface area contributed by atoms with E-state index in [1.165, 1.54) is 6.92 Å². The van der Waals surface area contributed by atoms with Crippen LogP contribution >= 0.6 is 15.9 Å². The number of ketones is 1. The molecule has 0 N–H and O–H groups in total. The predicted octanol–water partition coefficient (Wildman–Crippen LogP) is 4.01. The minimum atomic E-state index is -0.0151. The topological polar surface area (TPSA) is 44.1 Å². The van der Waals surface area contributed by atoms with Crippen LogP contribution in [0.5, 0.6) is 5.75 Å². The van der Waals surface area contributed by atoms with E-state index >= 15 is 0 Å². The molecule has 0 bridgehead atoms. The number of halogens is 1. The Balaban J connectivity index is 2.19. The molecular weight excluding hydrogens is 320 g/mol. The lowest BCUT2D eigenvalue weighted by atomic mass is 10.1. The maximum atomic E-state index is 11.6. The monoisotopic (exact) mass is 336 g/mol. The molecule has 0 radical (unpaired) electrons. The van der Waals surface area contributed by atoms with Crippen molar-refractivity contribution >= 4 is 21.7 Å². The van der Waals surface area contributed by atoms with Crippen LogP contribution in [-0.2, 0) is 6.61 Å².